The van der Waals surface area contributed by atoms with Gasteiger partial charge in [-0.2, -0.15) is 0 Å². The molecule has 1 fully saturated rings. The van der Waals surface area contributed by atoms with Crippen LogP contribution in [0.4, 0.5) is 10.1 Å². The van der Waals surface area contributed by atoms with Gasteiger partial charge >= 0.3 is 5.97 Å². The molecule has 1 aromatic carbocycles. The van der Waals surface area contributed by atoms with Crippen LogP contribution in [-0.4, -0.2) is 41.2 Å². The smallest absolute Gasteiger partial charge is 0.308 e. The Morgan fingerprint density at radius 3 is 2.46 bits per heavy atom. The number of hydrogen-bond donors (Lipinski definition) is 1. The van der Waals surface area contributed by atoms with E-state index in [1.54, 1.807) is 0 Å². The van der Waals surface area contributed by atoms with Crippen LogP contribution in [0.2, 0.25) is 0 Å². The molecule has 7 nitrogen and oxygen atoms in total. The minimum absolute atomic E-state index is 0.0677. The van der Waals surface area contributed by atoms with E-state index < -0.39 is 23.8 Å². The monoisotopic (exact) mass is 388 g/mol. The number of halogens is 1. The van der Waals surface area contributed by atoms with E-state index in [-0.39, 0.29) is 42.3 Å². The van der Waals surface area contributed by atoms with Crippen molar-refractivity contribution >= 4 is 29.4 Å². The van der Waals surface area contributed by atoms with E-state index in [9.17, 15) is 23.6 Å². The van der Waals surface area contributed by atoms with Crippen molar-refractivity contribution in [3.8, 4) is 0 Å². The number of ether oxygens (including phenoxy) is 1. The number of hydrogen-bond acceptors (Lipinski definition) is 5. The molecule has 8 heteroatoms. The lowest BCUT2D eigenvalue weighted by Crippen LogP contribution is -2.35. The number of imide groups is 1. The van der Waals surface area contributed by atoms with Gasteiger partial charge in [0.05, 0.1) is 18.3 Å². The van der Waals surface area contributed by atoms with E-state index in [0.29, 0.717) is 12.8 Å². The van der Waals surface area contributed by atoms with Crippen molar-refractivity contribution in [1.82, 2.24) is 4.90 Å². The number of amides is 3. The molecular formula is C20H21FN2O5. The molecule has 2 aliphatic rings. The van der Waals surface area contributed by atoms with Crippen molar-refractivity contribution in [1.29, 1.82) is 0 Å². The molecule has 0 saturated carbocycles. The fraction of sp³-hybridized carbons (Fsp3) is 0.400. The molecule has 148 valence electrons. The molecule has 1 heterocycles. The molecule has 1 N–H and O–H groups in total. The summed E-state index contributed by atoms with van der Waals surface area (Å²) in [5.41, 5.74) is 0.248. The van der Waals surface area contributed by atoms with Crippen LogP contribution in [0.5, 0.6) is 0 Å². The second-order valence-corrected chi connectivity index (χ2v) is 6.87. The lowest BCUT2D eigenvalue weighted by Gasteiger charge is -2.16. The van der Waals surface area contributed by atoms with Gasteiger partial charge in [0.15, 0.2) is 6.10 Å². The molecule has 0 radical (unpaired) electrons. The number of allylic oxidation sites excluding steroid dienone is 2. The zero-order valence-electron chi connectivity index (χ0n) is 15.4. The Hall–Kier alpha value is -3.03. The fourth-order valence-electron chi connectivity index (χ4n) is 3.41. The summed E-state index contributed by atoms with van der Waals surface area (Å²) in [6.07, 6.45) is 3.56. The topological polar surface area (TPSA) is 92.8 Å². The van der Waals surface area contributed by atoms with Gasteiger partial charge < -0.3 is 10.1 Å². The van der Waals surface area contributed by atoms with Gasteiger partial charge in [0.25, 0.3) is 5.91 Å². The average Bonchev–Trinajstić information content (AvgIpc) is 2.91. The Kier molecular flexibility index (Phi) is 5.87. The average molecular weight is 388 g/mol. The van der Waals surface area contributed by atoms with Gasteiger partial charge in [0, 0.05) is 12.2 Å². The Morgan fingerprint density at radius 2 is 1.86 bits per heavy atom. The number of anilines is 1. The summed E-state index contributed by atoms with van der Waals surface area (Å²) >= 11 is 0. The molecule has 1 aliphatic heterocycles. The molecule has 3 atom stereocenters. The number of carbonyl (C=O) groups is 4. The van der Waals surface area contributed by atoms with Crippen molar-refractivity contribution < 1.29 is 28.3 Å². The van der Waals surface area contributed by atoms with Crippen molar-refractivity contribution in [3.63, 3.8) is 0 Å². The maximum absolute atomic E-state index is 13.2. The second kappa shape index (κ2) is 8.33. The molecule has 1 saturated heterocycles. The highest BCUT2D eigenvalue weighted by Gasteiger charge is 2.47. The van der Waals surface area contributed by atoms with Crippen LogP contribution in [-0.2, 0) is 23.9 Å². The molecule has 0 aromatic heterocycles. The molecule has 0 bridgehead atoms. The quantitative estimate of drug-likeness (QED) is 0.457. The molecular weight excluding hydrogens is 367 g/mol. The van der Waals surface area contributed by atoms with Crippen LogP contribution in [0.1, 0.15) is 26.2 Å². The minimum Gasteiger partial charge on any atom is -0.452 e. The highest BCUT2D eigenvalue weighted by Crippen LogP contribution is 2.35. The van der Waals surface area contributed by atoms with Crippen molar-refractivity contribution in [3.05, 3.63) is 42.2 Å². The third-order valence-corrected chi connectivity index (χ3v) is 4.91. The molecule has 1 aliphatic carbocycles. The van der Waals surface area contributed by atoms with Gasteiger partial charge in [-0.15, -0.1) is 0 Å². The molecule has 3 amide bonds. The van der Waals surface area contributed by atoms with E-state index in [1.807, 2.05) is 12.2 Å². The third kappa shape index (κ3) is 4.27. The van der Waals surface area contributed by atoms with Crippen molar-refractivity contribution in [2.75, 3.05) is 11.9 Å². The summed E-state index contributed by atoms with van der Waals surface area (Å²) in [7, 11) is 0. The van der Waals surface area contributed by atoms with Crippen LogP contribution in [0.3, 0.4) is 0 Å². The van der Waals surface area contributed by atoms with Crippen LogP contribution in [0.15, 0.2) is 36.4 Å². The number of carbonyl (C=O) groups excluding carboxylic acids is 4. The van der Waals surface area contributed by atoms with Gasteiger partial charge in [-0.25, -0.2) is 4.39 Å². The third-order valence-electron chi connectivity index (χ3n) is 4.91. The second-order valence-electron chi connectivity index (χ2n) is 6.87. The number of likely N-dealkylation sites (tertiary alicyclic amines) is 1. The molecule has 0 spiro atoms. The number of benzene rings is 1. The van der Waals surface area contributed by atoms with Gasteiger partial charge in [-0.05, 0) is 38.0 Å². The Morgan fingerprint density at radius 1 is 1.21 bits per heavy atom. The summed E-state index contributed by atoms with van der Waals surface area (Å²) in [6.45, 7) is 1.32. The highest BCUT2D eigenvalue weighted by atomic mass is 19.1. The first kappa shape index (κ1) is 19.7. The maximum atomic E-state index is 13.2. The largest absolute Gasteiger partial charge is 0.452 e. The van der Waals surface area contributed by atoms with Gasteiger partial charge in [0.2, 0.25) is 11.8 Å². The van der Waals surface area contributed by atoms with Gasteiger partial charge in [-0.1, -0.05) is 18.2 Å². The molecule has 1 aromatic rings. The number of nitrogens with one attached hydrogen (secondary N) is 1. The summed E-state index contributed by atoms with van der Waals surface area (Å²) in [5, 5.41) is 2.45. The summed E-state index contributed by atoms with van der Waals surface area (Å²) < 4.78 is 18.2. The van der Waals surface area contributed by atoms with E-state index in [2.05, 4.69) is 5.32 Å². The van der Waals surface area contributed by atoms with Crippen molar-refractivity contribution in [2.24, 2.45) is 11.8 Å². The van der Waals surface area contributed by atoms with Crippen LogP contribution in [0.25, 0.3) is 0 Å². The lowest BCUT2D eigenvalue weighted by atomic mass is 9.85. The van der Waals surface area contributed by atoms with E-state index in [0.717, 1.165) is 11.0 Å². The Balaban J connectivity index is 1.48. The molecule has 0 unspecified atom stereocenters. The Bertz CT molecular complexity index is 812. The highest BCUT2D eigenvalue weighted by molar-refractivity contribution is 6.05. The normalized spacial score (nSPS) is 22.0. The summed E-state index contributed by atoms with van der Waals surface area (Å²) in [6, 6.07) is 5.34. The fourth-order valence-corrected chi connectivity index (χ4v) is 3.41. The lowest BCUT2D eigenvalue weighted by molar-refractivity contribution is -0.154. The number of fused-ring (bicyclic) bond motifs is 1. The molecule has 28 heavy (non-hydrogen) atoms. The standard InChI is InChI=1S/C20H21FN2O5/c1-12(18(25)22-14-6-4-5-13(21)11-14)28-17(24)9-10-23-19(26)15-7-2-3-8-16(15)20(23)27/h2-6,11-12,15-16H,7-10H2,1H3,(H,22,25)/t12-,15-,16+/m0/s1. The van der Waals surface area contributed by atoms with Gasteiger partial charge in [0.1, 0.15) is 5.82 Å². The van der Waals surface area contributed by atoms with Crippen LogP contribution < -0.4 is 5.32 Å². The zero-order chi connectivity index (χ0) is 20.3. The first-order valence-electron chi connectivity index (χ1n) is 9.13. The maximum Gasteiger partial charge on any atom is 0.308 e. The Labute approximate surface area is 161 Å². The van der Waals surface area contributed by atoms with Crippen LogP contribution in [0, 0.1) is 17.7 Å². The first-order valence-corrected chi connectivity index (χ1v) is 9.13. The number of esters is 1. The first-order chi connectivity index (χ1) is 13.4. The SMILES string of the molecule is C[C@H](OC(=O)CCN1C(=O)[C@H]2CC=CC[C@H]2C1=O)C(=O)Nc1cccc(F)c1. The zero-order valence-corrected chi connectivity index (χ0v) is 15.4. The number of rotatable bonds is 6. The number of nitrogens with zero attached hydrogens (tertiary/aromatic N) is 1. The predicted octanol–water partition coefficient (Wildman–Crippen LogP) is 2.04. The molecule has 3 rings (SSSR count). The van der Waals surface area contributed by atoms with E-state index in [4.69, 9.17) is 4.74 Å². The summed E-state index contributed by atoms with van der Waals surface area (Å²) in [4.78, 5) is 49.9. The van der Waals surface area contributed by atoms with Crippen LogP contribution >= 0.6 is 0 Å². The minimum atomic E-state index is -1.10. The van der Waals surface area contributed by atoms with E-state index in [1.165, 1.54) is 25.1 Å². The van der Waals surface area contributed by atoms with E-state index >= 15 is 0 Å². The predicted molar refractivity (Wildman–Crippen MR) is 97.3 cm³/mol. The van der Waals surface area contributed by atoms with Crippen molar-refractivity contribution in [2.45, 2.75) is 32.3 Å². The summed E-state index contributed by atoms with van der Waals surface area (Å²) in [5.74, 6) is -3.01. The van der Waals surface area contributed by atoms with Gasteiger partial charge in [-0.3, -0.25) is 24.1 Å².